The van der Waals surface area contributed by atoms with Crippen molar-refractivity contribution in [2.75, 3.05) is 10.6 Å². The third-order valence-electron chi connectivity index (χ3n) is 3.95. The van der Waals surface area contributed by atoms with Crippen molar-refractivity contribution in [3.05, 3.63) is 75.3 Å². The normalized spacial score (nSPS) is 10.9. The molecule has 0 aliphatic carbocycles. The lowest BCUT2D eigenvalue weighted by Gasteiger charge is -2.04. The smallest absolute Gasteiger partial charge is 0.308 e. The van der Waals surface area contributed by atoms with E-state index in [4.69, 9.17) is 11.6 Å². The Hall–Kier alpha value is -2.95. The number of hydrogen-bond acceptors (Lipinski definition) is 7. The summed E-state index contributed by atoms with van der Waals surface area (Å²) in [5, 5.41) is 14.3. The summed E-state index contributed by atoms with van der Waals surface area (Å²) < 4.78 is 2.16. The zero-order chi connectivity index (χ0) is 21.1. The molecule has 11 heteroatoms. The lowest BCUT2D eigenvalue weighted by atomic mass is 10.3. The molecule has 30 heavy (non-hydrogen) atoms. The van der Waals surface area contributed by atoms with Gasteiger partial charge in [0, 0.05) is 28.7 Å². The number of urea groups is 1. The van der Waals surface area contributed by atoms with Crippen molar-refractivity contribution >= 4 is 57.2 Å². The fourth-order valence-corrected chi connectivity index (χ4v) is 4.34. The van der Waals surface area contributed by atoms with E-state index in [0.717, 1.165) is 5.56 Å². The van der Waals surface area contributed by atoms with Gasteiger partial charge in [-0.05, 0) is 48.9 Å². The molecule has 0 aliphatic heterocycles. The maximum absolute atomic E-state index is 12.2. The van der Waals surface area contributed by atoms with Gasteiger partial charge in [-0.25, -0.2) is 9.78 Å². The second-order valence-corrected chi connectivity index (χ2v) is 8.90. The first-order valence-corrected chi connectivity index (χ1v) is 10.9. The minimum atomic E-state index is -0.426. The summed E-state index contributed by atoms with van der Waals surface area (Å²) >= 11 is 8.47. The van der Waals surface area contributed by atoms with Crippen LogP contribution in [0.2, 0.25) is 5.02 Å². The molecule has 0 bridgehead atoms. The van der Waals surface area contributed by atoms with Gasteiger partial charge in [-0.2, -0.15) is 0 Å². The van der Waals surface area contributed by atoms with E-state index in [1.807, 2.05) is 19.1 Å². The highest BCUT2D eigenvalue weighted by Crippen LogP contribution is 2.28. The molecule has 0 aliphatic rings. The van der Waals surface area contributed by atoms with E-state index in [-0.39, 0.29) is 5.56 Å². The number of hydrogen-bond donors (Lipinski definition) is 2. The van der Waals surface area contributed by atoms with E-state index in [9.17, 15) is 9.59 Å². The number of anilines is 2. The largest absolute Gasteiger partial charge is 0.325 e. The maximum Gasteiger partial charge on any atom is 0.325 e. The van der Waals surface area contributed by atoms with Crippen LogP contribution in [0.25, 0.3) is 5.65 Å². The van der Waals surface area contributed by atoms with Gasteiger partial charge in [-0.15, -0.1) is 10.2 Å². The van der Waals surface area contributed by atoms with Crippen LogP contribution in [0.15, 0.2) is 57.8 Å². The molecule has 4 rings (SSSR count). The first-order valence-electron chi connectivity index (χ1n) is 8.75. The number of thioether (sulfide) groups is 1. The summed E-state index contributed by atoms with van der Waals surface area (Å²) in [6.07, 6.45) is 1.72. The van der Waals surface area contributed by atoms with E-state index in [1.165, 1.54) is 33.6 Å². The molecule has 2 amide bonds. The second kappa shape index (κ2) is 8.82. The van der Waals surface area contributed by atoms with Crippen LogP contribution in [0.5, 0.6) is 0 Å². The Morgan fingerprint density at radius 2 is 1.97 bits per heavy atom. The standard InChI is InChI=1S/C19H15ClN6O2S2/c1-11-6-7-26-15(8-11)21-14(9-16(26)27)10-29-19-25-24-18(30-19)23-17(28)22-13-4-2-12(20)3-5-13/h2-9H,10H2,1H3,(H2,22,23,24,28). The first kappa shape index (κ1) is 20.3. The monoisotopic (exact) mass is 458 g/mol. The quantitative estimate of drug-likeness (QED) is 0.338. The summed E-state index contributed by atoms with van der Waals surface area (Å²) in [5.41, 5.74) is 2.77. The van der Waals surface area contributed by atoms with Crippen LogP contribution in [0.3, 0.4) is 0 Å². The molecule has 0 atom stereocenters. The maximum atomic E-state index is 12.2. The van der Waals surface area contributed by atoms with Crippen LogP contribution in [0.1, 0.15) is 11.3 Å². The molecule has 0 unspecified atom stereocenters. The van der Waals surface area contributed by atoms with Crippen LogP contribution >= 0.6 is 34.7 Å². The average molecular weight is 459 g/mol. The van der Waals surface area contributed by atoms with E-state index in [0.29, 0.717) is 37.3 Å². The lowest BCUT2D eigenvalue weighted by molar-refractivity contribution is 0.262. The van der Waals surface area contributed by atoms with Crippen molar-refractivity contribution in [1.29, 1.82) is 0 Å². The van der Waals surface area contributed by atoms with E-state index in [1.54, 1.807) is 30.5 Å². The van der Waals surface area contributed by atoms with Gasteiger partial charge in [-0.3, -0.25) is 14.5 Å². The number of nitrogens with one attached hydrogen (secondary N) is 2. The Morgan fingerprint density at radius 1 is 1.17 bits per heavy atom. The predicted molar refractivity (Wildman–Crippen MR) is 120 cm³/mol. The minimum Gasteiger partial charge on any atom is -0.308 e. The fourth-order valence-electron chi connectivity index (χ4n) is 2.57. The van der Waals surface area contributed by atoms with E-state index in [2.05, 4.69) is 25.8 Å². The molecule has 0 fully saturated rings. The van der Waals surface area contributed by atoms with E-state index < -0.39 is 6.03 Å². The SMILES string of the molecule is Cc1ccn2c(=O)cc(CSc3nnc(NC(=O)Nc4ccc(Cl)cc4)s3)nc2c1. The Bertz CT molecular complexity index is 1270. The third kappa shape index (κ3) is 4.96. The number of carbonyl (C=O) groups excluding carboxylic acids is 1. The molecule has 3 aromatic heterocycles. The van der Waals surface area contributed by atoms with Crippen LogP contribution in [0.4, 0.5) is 15.6 Å². The fraction of sp³-hybridized carbons (Fsp3) is 0.105. The molecule has 0 spiro atoms. The Morgan fingerprint density at radius 3 is 2.77 bits per heavy atom. The number of aromatic nitrogens is 4. The highest BCUT2D eigenvalue weighted by atomic mass is 35.5. The topological polar surface area (TPSA) is 101 Å². The number of pyridine rings is 1. The number of carbonyl (C=O) groups is 1. The van der Waals surface area contributed by atoms with Gasteiger partial charge >= 0.3 is 6.03 Å². The first-order chi connectivity index (χ1) is 14.5. The molecule has 152 valence electrons. The zero-order valence-corrected chi connectivity index (χ0v) is 18.0. The number of nitrogens with zero attached hydrogens (tertiary/aromatic N) is 4. The van der Waals surface area contributed by atoms with Crippen LogP contribution in [-0.2, 0) is 5.75 Å². The van der Waals surface area contributed by atoms with Crippen molar-refractivity contribution in [3.8, 4) is 0 Å². The number of rotatable bonds is 5. The molecule has 8 nitrogen and oxygen atoms in total. The summed E-state index contributed by atoms with van der Waals surface area (Å²) in [6, 6.07) is 11.6. The average Bonchev–Trinajstić information content (AvgIpc) is 3.15. The van der Waals surface area contributed by atoms with Crippen molar-refractivity contribution in [1.82, 2.24) is 19.6 Å². The molecule has 0 saturated heterocycles. The van der Waals surface area contributed by atoms with Crippen molar-refractivity contribution < 1.29 is 4.79 Å². The van der Waals surface area contributed by atoms with Gasteiger partial charge in [0.05, 0.1) is 5.69 Å². The third-order valence-corrected chi connectivity index (χ3v) is 6.21. The predicted octanol–water partition coefficient (Wildman–Crippen LogP) is 4.44. The van der Waals surface area contributed by atoms with Crippen molar-refractivity contribution in [2.45, 2.75) is 17.0 Å². The van der Waals surface area contributed by atoms with Gasteiger partial charge in [0.15, 0.2) is 4.34 Å². The summed E-state index contributed by atoms with van der Waals surface area (Å²) in [7, 11) is 0. The molecule has 0 saturated carbocycles. The number of halogens is 1. The number of benzene rings is 1. The summed E-state index contributed by atoms with van der Waals surface area (Å²) in [6.45, 7) is 1.95. The van der Waals surface area contributed by atoms with Gasteiger partial charge < -0.3 is 5.32 Å². The van der Waals surface area contributed by atoms with Crippen LogP contribution in [-0.4, -0.2) is 25.6 Å². The molecular formula is C19H15ClN6O2S2. The Balaban J connectivity index is 1.37. The minimum absolute atomic E-state index is 0.130. The summed E-state index contributed by atoms with van der Waals surface area (Å²) in [4.78, 5) is 28.8. The van der Waals surface area contributed by atoms with Crippen molar-refractivity contribution in [2.24, 2.45) is 0 Å². The highest BCUT2D eigenvalue weighted by molar-refractivity contribution is 8.00. The molecule has 3 heterocycles. The highest BCUT2D eigenvalue weighted by Gasteiger charge is 2.10. The van der Waals surface area contributed by atoms with Crippen molar-refractivity contribution in [3.63, 3.8) is 0 Å². The number of fused-ring (bicyclic) bond motifs is 1. The van der Waals surface area contributed by atoms with E-state index >= 15 is 0 Å². The van der Waals surface area contributed by atoms with Gasteiger partial charge in [-0.1, -0.05) is 34.7 Å². The molecule has 2 N–H and O–H groups in total. The molecule has 4 aromatic rings. The van der Waals surface area contributed by atoms with Gasteiger partial charge in [0.2, 0.25) is 5.13 Å². The zero-order valence-electron chi connectivity index (χ0n) is 15.6. The van der Waals surface area contributed by atoms with Crippen LogP contribution < -0.4 is 16.2 Å². The Labute approximate surface area is 184 Å². The van der Waals surface area contributed by atoms with Crippen LogP contribution in [0, 0.1) is 6.92 Å². The Kier molecular flexibility index (Phi) is 5.98. The lowest BCUT2D eigenvalue weighted by Crippen LogP contribution is -2.19. The van der Waals surface area contributed by atoms with Gasteiger partial charge in [0.25, 0.3) is 5.56 Å². The number of aryl methyl sites for hydroxylation is 1. The molecule has 0 radical (unpaired) electrons. The molecular weight excluding hydrogens is 444 g/mol. The second-order valence-electron chi connectivity index (χ2n) is 6.27. The number of amides is 2. The molecule has 1 aromatic carbocycles. The summed E-state index contributed by atoms with van der Waals surface area (Å²) in [5.74, 6) is 0.464. The van der Waals surface area contributed by atoms with Gasteiger partial charge in [0.1, 0.15) is 5.65 Å².